The third-order valence-electron chi connectivity index (χ3n) is 4.62. The van der Waals surface area contributed by atoms with Crippen LogP contribution < -0.4 is 0 Å². The van der Waals surface area contributed by atoms with E-state index in [2.05, 4.69) is 9.97 Å². The molecular formula is C15H21N3O2. The summed E-state index contributed by atoms with van der Waals surface area (Å²) in [6.07, 6.45) is 10.5. The van der Waals surface area contributed by atoms with Gasteiger partial charge in [0.25, 0.3) is 5.91 Å². The molecule has 3 unspecified atom stereocenters. The summed E-state index contributed by atoms with van der Waals surface area (Å²) >= 11 is 0. The summed E-state index contributed by atoms with van der Waals surface area (Å²) < 4.78 is 0. The van der Waals surface area contributed by atoms with Gasteiger partial charge in [0.1, 0.15) is 5.69 Å². The van der Waals surface area contributed by atoms with E-state index in [-0.39, 0.29) is 24.0 Å². The zero-order chi connectivity index (χ0) is 13.9. The first-order valence-corrected chi connectivity index (χ1v) is 7.52. The molecular weight excluding hydrogens is 254 g/mol. The van der Waals surface area contributed by atoms with Gasteiger partial charge in [0.2, 0.25) is 0 Å². The minimum atomic E-state index is -0.254. The Kier molecular flexibility index (Phi) is 3.96. The number of aromatic nitrogens is 2. The van der Waals surface area contributed by atoms with Gasteiger partial charge < -0.3 is 10.0 Å². The van der Waals surface area contributed by atoms with Gasteiger partial charge in [-0.1, -0.05) is 6.42 Å². The Balaban J connectivity index is 1.80. The van der Waals surface area contributed by atoms with Crippen molar-refractivity contribution in [1.82, 2.24) is 14.9 Å². The molecule has 1 saturated carbocycles. The molecule has 1 aromatic rings. The highest BCUT2D eigenvalue weighted by atomic mass is 16.3. The maximum absolute atomic E-state index is 12.6. The molecule has 1 saturated heterocycles. The number of hydrogen-bond donors (Lipinski definition) is 1. The van der Waals surface area contributed by atoms with Gasteiger partial charge in [-0.15, -0.1) is 0 Å². The third kappa shape index (κ3) is 2.54. The van der Waals surface area contributed by atoms with Crippen LogP contribution in [0.1, 0.15) is 49.0 Å². The van der Waals surface area contributed by atoms with Crippen LogP contribution in [0.15, 0.2) is 18.6 Å². The summed E-state index contributed by atoms with van der Waals surface area (Å²) in [7, 11) is 0. The molecule has 0 spiro atoms. The van der Waals surface area contributed by atoms with Gasteiger partial charge in [-0.2, -0.15) is 0 Å². The minimum Gasteiger partial charge on any atom is -0.393 e. The number of amides is 1. The summed E-state index contributed by atoms with van der Waals surface area (Å²) in [6.45, 7) is 0.767. The van der Waals surface area contributed by atoms with Gasteiger partial charge in [0.05, 0.1) is 12.3 Å². The quantitative estimate of drug-likeness (QED) is 0.891. The molecule has 1 aliphatic carbocycles. The number of piperidine rings is 1. The Hall–Kier alpha value is -1.49. The first-order chi connectivity index (χ1) is 9.77. The van der Waals surface area contributed by atoms with Crippen molar-refractivity contribution in [3.63, 3.8) is 0 Å². The van der Waals surface area contributed by atoms with Crippen molar-refractivity contribution in [2.45, 2.75) is 50.7 Å². The second kappa shape index (κ2) is 5.87. The molecule has 0 aromatic carbocycles. The van der Waals surface area contributed by atoms with Gasteiger partial charge in [0.15, 0.2) is 0 Å². The standard InChI is InChI=1S/C15H21N3O2/c19-14-6-3-4-11(14)13-5-1-2-9-18(13)15(20)12-10-16-7-8-17-12/h7-8,10-11,13-14,19H,1-6,9H2. The van der Waals surface area contributed by atoms with E-state index in [0.717, 1.165) is 45.1 Å². The van der Waals surface area contributed by atoms with E-state index in [1.54, 1.807) is 12.4 Å². The predicted octanol–water partition coefficient (Wildman–Crippen LogP) is 1.63. The van der Waals surface area contributed by atoms with Gasteiger partial charge in [-0.3, -0.25) is 9.78 Å². The number of aliphatic hydroxyl groups excluding tert-OH is 1. The molecule has 1 aromatic heterocycles. The zero-order valence-electron chi connectivity index (χ0n) is 11.6. The Morgan fingerprint density at radius 3 is 2.80 bits per heavy atom. The van der Waals surface area contributed by atoms with Gasteiger partial charge >= 0.3 is 0 Å². The van der Waals surface area contributed by atoms with Crippen molar-refractivity contribution in [3.05, 3.63) is 24.3 Å². The molecule has 2 aliphatic rings. The average Bonchev–Trinajstić information content (AvgIpc) is 2.93. The number of carbonyl (C=O) groups excluding carboxylic acids is 1. The van der Waals surface area contributed by atoms with Gasteiger partial charge in [-0.05, 0) is 32.1 Å². The highest BCUT2D eigenvalue weighted by Crippen LogP contribution is 2.35. The minimum absolute atomic E-state index is 0.0399. The fourth-order valence-electron chi connectivity index (χ4n) is 3.63. The van der Waals surface area contributed by atoms with E-state index in [9.17, 15) is 9.90 Å². The molecule has 0 radical (unpaired) electrons. The fourth-order valence-corrected chi connectivity index (χ4v) is 3.63. The second-order valence-corrected chi connectivity index (χ2v) is 5.81. The predicted molar refractivity (Wildman–Crippen MR) is 74.1 cm³/mol. The molecule has 2 fully saturated rings. The van der Waals surface area contributed by atoms with Crippen LogP contribution >= 0.6 is 0 Å². The summed E-state index contributed by atoms with van der Waals surface area (Å²) in [4.78, 5) is 22.6. The first-order valence-electron chi connectivity index (χ1n) is 7.52. The first kappa shape index (κ1) is 13.5. The molecule has 1 amide bonds. The lowest BCUT2D eigenvalue weighted by atomic mass is 9.87. The highest BCUT2D eigenvalue weighted by Gasteiger charge is 2.39. The lowest BCUT2D eigenvalue weighted by molar-refractivity contribution is 0.0283. The van der Waals surface area contributed by atoms with Crippen molar-refractivity contribution < 1.29 is 9.90 Å². The Labute approximate surface area is 119 Å². The van der Waals surface area contributed by atoms with Gasteiger partial charge in [-0.25, -0.2) is 4.98 Å². The highest BCUT2D eigenvalue weighted by molar-refractivity contribution is 5.92. The van der Waals surface area contributed by atoms with Crippen molar-refractivity contribution in [2.75, 3.05) is 6.54 Å². The number of likely N-dealkylation sites (tertiary alicyclic amines) is 1. The van der Waals surface area contributed by atoms with Crippen LogP contribution in [0.5, 0.6) is 0 Å². The smallest absolute Gasteiger partial charge is 0.274 e. The summed E-state index contributed by atoms with van der Waals surface area (Å²) in [5.41, 5.74) is 0.409. The molecule has 1 N–H and O–H groups in total. The largest absolute Gasteiger partial charge is 0.393 e. The number of rotatable bonds is 2. The monoisotopic (exact) mass is 275 g/mol. The molecule has 20 heavy (non-hydrogen) atoms. The SMILES string of the molecule is O=C(c1cnccn1)N1CCCCC1C1CCCC1O. The number of aliphatic hydroxyl groups is 1. The van der Waals surface area contributed by atoms with E-state index < -0.39 is 0 Å². The summed E-state index contributed by atoms with van der Waals surface area (Å²) in [5.74, 6) is 0.192. The second-order valence-electron chi connectivity index (χ2n) is 5.81. The molecule has 108 valence electrons. The van der Waals surface area contributed by atoms with Crippen molar-refractivity contribution >= 4 is 5.91 Å². The van der Waals surface area contributed by atoms with Crippen molar-refractivity contribution in [1.29, 1.82) is 0 Å². The maximum atomic E-state index is 12.6. The average molecular weight is 275 g/mol. The lowest BCUT2D eigenvalue weighted by Crippen LogP contribution is -2.49. The molecule has 3 rings (SSSR count). The Bertz CT molecular complexity index is 465. The third-order valence-corrected chi connectivity index (χ3v) is 4.62. The van der Waals surface area contributed by atoms with Crippen LogP contribution in [-0.4, -0.2) is 44.6 Å². The number of hydrogen-bond acceptors (Lipinski definition) is 4. The van der Waals surface area contributed by atoms with Crippen LogP contribution in [0.25, 0.3) is 0 Å². The molecule has 3 atom stereocenters. The van der Waals surface area contributed by atoms with Gasteiger partial charge in [0, 0.05) is 30.9 Å². The Morgan fingerprint density at radius 1 is 1.20 bits per heavy atom. The zero-order valence-corrected chi connectivity index (χ0v) is 11.6. The maximum Gasteiger partial charge on any atom is 0.274 e. The fraction of sp³-hybridized carbons (Fsp3) is 0.667. The van der Waals surface area contributed by atoms with E-state index in [4.69, 9.17) is 0 Å². The number of carbonyl (C=O) groups is 1. The topological polar surface area (TPSA) is 66.3 Å². The van der Waals surface area contributed by atoms with Crippen molar-refractivity contribution in [3.8, 4) is 0 Å². The van der Waals surface area contributed by atoms with Crippen LogP contribution in [0, 0.1) is 5.92 Å². The lowest BCUT2D eigenvalue weighted by Gasteiger charge is -2.40. The molecule has 0 bridgehead atoms. The van der Waals surface area contributed by atoms with Crippen molar-refractivity contribution in [2.24, 2.45) is 5.92 Å². The molecule has 5 heteroatoms. The molecule has 5 nitrogen and oxygen atoms in total. The molecule has 1 aliphatic heterocycles. The van der Waals surface area contributed by atoms with E-state index >= 15 is 0 Å². The summed E-state index contributed by atoms with van der Waals surface area (Å²) in [6, 6.07) is 0.163. The Morgan fingerprint density at radius 2 is 2.10 bits per heavy atom. The van der Waals surface area contributed by atoms with E-state index in [1.165, 1.54) is 6.20 Å². The van der Waals surface area contributed by atoms with E-state index in [0.29, 0.717) is 5.69 Å². The number of nitrogens with zero attached hydrogens (tertiary/aromatic N) is 3. The molecule has 2 heterocycles. The van der Waals surface area contributed by atoms with Crippen LogP contribution in [0.2, 0.25) is 0 Å². The van der Waals surface area contributed by atoms with Crippen LogP contribution in [-0.2, 0) is 0 Å². The van der Waals surface area contributed by atoms with Crippen LogP contribution in [0.4, 0.5) is 0 Å². The van der Waals surface area contributed by atoms with Crippen LogP contribution in [0.3, 0.4) is 0 Å². The van der Waals surface area contributed by atoms with E-state index in [1.807, 2.05) is 4.90 Å². The normalized spacial score (nSPS) is 30.4. The summed E-state index contributed by atoms with van der Waals surface area (Å²) in [5, 5.41) is 10.1.